The van der Waals surface area contributed by atoms with Crippen LogP contribution in [0.3, 0.4) is 0 Å². The lowest BCUT2D eigenvalue weighted by Gasteiger charge is -2.18. The fourth-order valence-electron chi connectivity index (χ4n) is 3.38. The van der Waals surface area contributed by atoms with E-state index in [1.807, 2.05) is 0 Å². The summed E-state index contributed by atoms with van der Waals surface area (Å²) in [6.45, 7) is 1.58. The Morgan fingerprint density at radius 1 is 1.16 bits per heavy atom. The number of hydrogen-bond acceptors (Lipinski definition) is 4. The number of amides is 1. The molecule has 0 aromatic heterocycles. The monoisotopic (exact) mass is 487 g/mol. The van der Waals surface area contributed by atoms with E-state index < -0.39 is 15.8 Å². The van der Waals surface area contributed by atoms with Gasteiger partial charge in [-0.3, -0.25) is 4.79 Å². The minimum atomic E-state index is -3.62. The molecule has 10 heteroatoms. The maximum atomic E-state index is 13.9. The Bertz CT molecular complexity index is 1040. The Labute approximate surface area is 192 Å². The molecule has 1 heterocycles. The molecule has 1 amide bonds. The first-order valence-corrected chi connectivity index (χ1v) is 12.1. The fourth-order valence-corrected chi connectivity index (χ4v) is 5.31. The predicted octanol–water partition coefficient (Wildman–Crippen LogP) is 4.38. The van der Waals surface area contributed by atoms with E-state index in [1.165, 1.54) is 34.6 Å². The highest BCUT2D eigenvalue weighted by molar-refractivity contribution is 7.89. The van der Waals surface area contributed by atoms with Crippen molar-refractivity contribution in [1.29, 1.82) is 0 Å². The number of carbonyl (C=O) groups excluding carboxylic acids is 1. The highest BCUT2D eigenvalue weighted by atomic mass is 35.5. The second-order valence-corrected chi connectivity index (χ2v) is 10.2. The van der Waals surface area contributed by atoms with Crippen molar-refractivity contribution in [2.45, 2.75) is 30.7 Å². The van der Waals surface area contributed by atoms with E-state index >= 15 is 0 Å². The van der Waals surface area contributed by atoms with Crippen molar-refractivity contribution in [3.05, 3.63) is 57.8 Å². The van der Waals surface area contributed by atoms with Crippen molar-refractivity contribution in [3.63, 3.8) is 0 Å². The molecule has 0 bridgehead atoms. The third-order valence-electron chi connectivity index (χ3n) is 5.13. The lowest BCUT2D eigenvalue weighted by molar-refractivity contribution is -0.116. The van der Waals surface area contributed by atoms with E-state index in [0.717, 1.165) is 12.8 Å². The first-order chi connectivity index (χ1) is 14.7. The number of hydrogen-bond donors (Lipinski definition) is 1. The van der Waals surface area contributed by atoms with Gasteiger partial charge in [0, 0.05) is 43.2 Å². The lowest BCUT2D eigenvalue weighted by atomic mass is 10.2. The Balaban J connectivity index is 1.61. The summed E-state index contributed by atoms with van der Waals surface area (Å²) < 4.78 is 40.9. The van der Waals surface area contributed by atoms with Crippen LogP contribution in [0.25, 0.3) is 0 Å². The second-order valence-electron chi connectivity index (χ2n) is 7.49. The van der Waals surface area contributed by atoms with Gasteiger partial charge in [0.15, 0.2) is 0 Å². The fraction of sp³-hybridized carbons (Fsp3) is 0.381. The van der Waals surface area contributed by atoms with Crippen LogP contribution >= 0.6 is 23.2 Å². The number of sulfonamides is 1. The molecule has 1 saturated heterocycles. The summed E-state index contributed by atoms with van der Waals surface area (Å²) in [5.41, 5.74) is 0.613. The highest BCUT2D eigenvalue weighted by Crippen LogP contribution is 2.28. The molecule has 1 aliphatic heterocycles. The van der Waals surface area contributed by atoms with Crippen LogP contribution < -0.4 is 5.32 Å². The molecule has 0 saturated carbocycles. The molecule has 0 radical (unpaired) electrons. The largest absolute Gasteiger partial charge is 0.325 e. The van der Waals surface area contributed by atoms with Gasteiger partial charge < -0.3 is 10.2 Å². The number of anilines is 1. The van der Waals surface area contributed by atoms with Crippen LogP contribution in [0.4, 0.5) is 10.1 Å². The number of carbonyl (C=O) groups is 1. The number of nitrogens with one attached hydrogen (secondary N) is 1. The molecule has 0 aliphatic carbocycles. The molecule has 0 unspecified atom stereocenters. The molecule has 168 valence electrons. The summed E-state index contributed by atoms with van der Waals surface area (Å²) in [6, 6.07) is 8.79. The van der Waals surface area contributed by atoms with Gasteiger partial charge in [0.1, 0.15) is 5.82 Å². The quantitative estimate of drug-likeness (QED) is 0.599. The maximum Gasteiger partial charge on any atom is 0.243 e. The van der Waals surface area contributed by atoms with Crippen molar-refractivity contribution in [2.75, 3.05) is 32.0 Å². The second kappa shape index (κ2) is 10.3. The number of benzene rings is 2. The van der Waals surface area contributed by atoms with Crippen LogP contribution in [0.1, 0.15) is 24.8 Å². The van der Waals surface area contributed by atoms with Gasteiger partial charge in [-0.05, 0) is 50.2 Å². The van der Waals surface area contributed by atoms with Crippen LogP contribution in [0.2, 0.25) is 10.0 Å². The molecule has 3 rings (SSSR count). The summed E-state index contributed by atoms with van der Waals surface area (Å²) in [5.74, 6) is -0.726. The van der Waals surface area contributed by atoms with Crippen LogP contribution in [-0.2, 0) is 21.4 Å². The predicted molar refractivity (Wildman–Crippen MR) is 120 cm³/mol. The molecule has 1 fully saturated rings. The van der Waals surface area contributed by atoms with Gasteiger partial charge in [-0.2, -0.15) is 4.31 Å². The van der Waals surface area contributed by atoms with Gasteiger partial charge in [-0.1, -0.05) is 29.3 Å². The summed E-state index contributed by atoms with van der Waals surface area (Å²) in [5, 5.41) is 3.26. The van der Waals surface area contributed by atoms with E-state index in [1.54, 1.807) is 18.0 Å². The van der Waals surface area contributed by atoms with Gasteiger partial charge in [0.05, 0.1) is 15.6 Å². The third-order valence-corrected chi connectivity index (χ3v) is 7.70. The van der Waals surface area contributed by atoms with Crippen molar-refractivity contribution in [2.24, 2.45) is 0 Å². The standard InChI is InChI=1S/C21H24Cl2FN3O3S/c1-26(14-16-17(22)5-4-6-19(16)24)12-9-21(28)25-20-13-15(7-8-18(20)23)31(29,30)27-10-2-3-11-27/h4-8,13H,2-3,9-12,14H2,1H3,(H,25,28). The molecule has 1 aliphatic rings. The SMILES string of the molecule is CN(CCC(=O)Nc1cc(S(=O)(=O)N2CCCC2)ccc1Cl)Cc1c(F)cccc1Cl. The van der Waals surface area contributed by atoms with Crippen molar-refractivity contribution >= 4 is 44.8 Å². The Kier molecular flexibility index (Phi) is 7.93. The molecule has 31 heavy (non-hydrogen) atoms. The topological polar surface area (TPSA) is 69.7 Å². The third kappa shape index (κ3) is 5.96. The lowest BCUT2D eigenvalue weighted by Crippen LogP contribution is -2.28. The first kappa shape index (κ1) is 23.9. The van der Waals surface area contributed by atoms with Gasteiger partial charge in [0.25, 0.3) is 0 Å². The molecule has 2 aromatic rings. The number of nitrogens with zero attached hydrogens (tertiary/aromatic N) is 2. The summed E-state index contributed by atoms with van der Waals surface area (Å²) in [6.07, 6.45) is 1.78. The zero-order valence-electron chi connectivity index (χ0n) is 17.1. The number of halogens is 3. The van der Waals surface area contributed by atoms with Crippen LogP contribution in [0.5, 0.6) is 0 Å². The van der Waals surface area contributed by atoms with E-state index in [4.69, 9.17) is 23.2 Å². The Morgan fingerprint density at radius 2 is 1.87 bits per heavy atom. The number of rotatable bonds is 8. The maximum absolute atomic E-state index is 13.9. The van der Waals surface area contributed by atoms with E-state index in [2.05, 4.69) is 5.32 Å². The molecule has 6 nitrogen and oxygen atoms in total. The van der Waals surface area contributed by atoms with Crippen molar-refractivity contribution in [1.82, 2.24) is 9.21 Å². The summed E-state index contributed by atoms with van der Waals surface area (Å²) in [4.78, 5) is 14.3. The summed E-state index contributed by atoms with van der Waals surface area (Å²) >= 11 is 12.2. The Hall–Kier alpha value is -1.71. The molecular formula is C21H24Cl2FN3O3S. The van der Waals surface area contributed by atoms with Gasteiger partial charge >= 0.3 is 0 Å². The normalized spacial score (nSPS) is 14.9. The van der Waals surface area contributed by atoms with E-state index in [9.17, 15) is 17.6 Å². The Morgan fingerprint density at radius 3 is 2.55 bits per heavy atom. The average Bonchev–Trinajstić information content (AvgIpc) is 3.27. The molecular weight excluding hydrogens is 464 g/mol. The van der Waals surface area contributed by atoms with Crippen molar-refractivity contribution < 1.29 is 17.6 Å². The van der Waals surface area contributed by atoms with Gasteiger partial charge in [-0.25, -0.2) is 12.8 Å². The smallest absolute Gasteiger partial charge is 0.243 e. The minimum absolute atomic E-state index is 0.0976. The summed E-state index contributed by atoms with van der Waals surface area (Å²) in [7, 11) is -1.86. The highest BCUT2D eigenvalue weighted by Gasteiger charge is 2.27. The van der Waals surface area contributed by atoms with Crippen LogP contribution in [-0.4, -0.2) is 50.2 Å². The van der Waals surface area contributed by atoms with Crippen LogP contribution in [0.15, 0.2) is 41.3 Å². The molecule has 0 atom stereocenters. The first-order valence-electron chi connectivity index (χ1n) is 9.89. The van der Waals surface area contributed by atoms with Gasteiger partial charge in [-0.15, -0.1) is 0 Å². The van der Waals surface area contributed by atoms with Crippen molar-refractivity contribution in [3.8, 4) is 0 Å². The molecule has 0 spiro atoms. The average molecular weight is 488 g/mol. The molecule has 2 aromatic carbocycles. The minimum Gasteiger partial charge on any atom is -0.325 e. The van der Waals surface area contributed by atoms with Gasteiger partial charge in [0.2, 0.25) is 15.9 Å². The zero-order valence-corrected chi connectivity index (χ0v) is 19.4. The molecule has 1 N–H and O–H groups in total. The van der Waals surface area contributed by atoms with E-state index in [0.29, 0.717) is 30.2 Å². The van der Waals surface area contributed by atoms with Crippen LogP contribution in [0, 0.1) is 5.82 Å². The van der Waals surface area contributed by atoms with E-state index in [-0.39, 0.29) is 34.5 Å². The zero-order chi connectivity index (χ0) is 22.6.